The van der Waals surface area contributed by atoms with Gasteiger partial charge in [-0.3, -0.25) is 4.57 Å². The van der Waals surface area contributed by atoms with E-state index >= 15 is 0 Å². The van der Waals surface area contributed by atoms with Gasteiger partial charge in [0, 0.05) is 11.9 Å². The smallest absolute Gasteiger partial charge is 0.324 e. The SMILES string of the molecule is CCC(CC)(c1ccc(Nc2ncc(C(F)(F)F)c(Cl)n2)cc1)P(=O)(O)O. The maximum absolute atomic E-state index is 12.7. The Labute approximate surface area is 159 Å². The van der Waals surface area contributed by atoms with Crippen LogP contribution in [-0.2, 0) is 15.9 Å². The fourth-order valence-corrected chi connectivity index (χ4v) is 4.39. The monoisotopic (exact) mass is 423 g/mol. The molecular weight excluding hydrogens is 406 g/mol. The molecule has 0 saturated heterocycles. The zero-order valence-electron chi connectivity index (χ0n) is 14.5. The third-order valence-electron chi connectivity index (χ3n) is 4.45. The molecule has 11 heteroatoms. The maximum atomic E-state index is 12.7. The van der Waals surface area contributed by atoms with Crippen LogP contribution in [0.1, 0.15) is 37.8 Å². The summed E-state index contributed by atoms with van der Waals surface area (Å²) in [6, 6.07) is 6.19. The summed E-state index contributed by atoms with van der Waals surface area (Å²) >= 11 is 5.56. The van der Waals surface area contributed by atoms with E-state index in [1.165, 1.54) is 0 Å². The van der Waals surface area contributed by atoms with Gasteiger partial charge in [0.1, 0.15) is 10.7 Å². The van der Waals surface area contributed by atoms with E-state index in [0.29, 0.717) is 17.4 Å². The van der Waals surface area contributed by atoms with E-state index in [2.05, 4.69) is 15.3 Å². The Hall–Kier alpha value is -1.67. The molecule has 2 rings (SSSR count). The van der Waals surface area contributed by atoms with Crippen LogP contribution < -0.4 is 5.32 Å². The van der Waals surface area contributed by atoms with Crippen LogP contribution in [0.3, 0.4) is 0 Å². The highest BCUT2D eigenvalue weighted by molar-refractivity contribution is 7.53. The van der Waals surface area contributed by atoms with Crippen molar-refractivity contribution < 1.29 is 27.5 Å². The Morgan fingerprint density at radius 1 is 1.15 bits per heavy atom. The van der Waals surface area contributed by atoms with Crippen LogP contribution in [-0.4, -0.2) is 19.8 Å². The number of nitrogens with zero attached hydrogens (tertiary/aromatic N) is 2. The van der Waals surface area contributed by atoms with Crippen molar-refractivity contribution in [2.75, 3.05) is 5.32 Å². The second-order valence-corrected chi connectivity index (χ2v) is 8.18. The van der Waals surface area contributed by atoms with Crippen molar-refractivity contribution in [3.05, 3.63) is 46.7 Å². The molecule has 0 aliphatic rings. The van der Waals surface area contributed by atoms with E-state index in [1.807, 2.05) is 0 Å². The average Bonchev–Trinajstić information content (AvgIpc) is 2.55. The summed E-state index contributed by atoms with van der Waals surface area (Å²) in [5.74, 6) is -0.131. The predicted octanol–water partition coefficient (Wildman–Crippen LogP) is 5.09. The van der Waals surface area contributed by atoms with Gasteiger partial charge in [-0.15, -0.1) is 0 Å². The molecule has 2 aromatic rings. The lowest BCUT2D eigenvalue weighted by Gasteiger charge is -2.33. The Morgan fingerprint density at radius 3 is 2.11 bits per heavy atom. The van der Waals surface area contributed by atoms with Crippen molar-refractivity contribution in [1.29, 1.82) is 0 Å². The van der Waals surface area contributed by atoms with Crippen LogP contribution >= 0.6 is 19.2 Å². The van der Waals surface area contributed by atoms with Gasteiger partial charge >= 0.3 is 13.8 Å². The van der Waals surface area contributed by atoms with Crippen LogP contribution in [0.4, 0.5) is 24.8 Å². The maximum Gasteiger partial charge on any atom is 0.420 e. The molecule has 0 unspecified atom stereocenters. The molecule has 1 aromatic heterocycles. The zero-order valence-corrected chi connectivity index (χ0v) is 16.1. The summed E-state index contributed by atoms with van der Waals surface area (Å²) in [6.07, 6.45) is -3.57. The van der Waals surface area contributed by atoms with E-state index in [1.54, 1.807) is 38.1 Å². The van der Waals surface area contributed by atoms with E-state index in [9.17, 15) is 27.5 Å². The molecule has 0 aliphatic carbocycles. The first-order valence-electron chi connectivity index (χ1n) is 7.97. The fraction of sp³-hybridized carbons (Fsp3) is 0.375. The van der Waals surface area contributed by atoms with Gasteiger partial charge in [0.15, 0.2) is 0 Å². The van der Waals surface area contributed by atoms with E-state index in [0.717, 1.165) is 0 Å². The van der Waals surface area contributed by atoms with Crippen molar-refractivity contribution in [2.45, 2.75) is 38.0 Å². The number of nitrogens with one attached hydrogen (secondary N) is 1. The summed E-state index contributed by atoms with van der Waals surface area (Å²) in [6.45, 7) is 3.40. The van der Waals surface area contributed by atoms with Gasteiger partial charge in [0.2, 0.25) is 5.95 Å². The Balaban J connectivity index is 2.28. The minimum Gasteiger partial charge on any atom is -0.324 e. The van der Waals surface area contributed by atoms with Gasteiger partial charge in [0.25, 0.3) is 0 Å². The highest BCUT2D eigenvalue weighted by atomic mass is 35.5. The third kappa shape index (κ3) is 4.43. The van der Waals surface area contributed by atoms with Crippen LogP contribution in [0.15, 0.2) is 30.5 Å². The van der Waals surface area contributed by atoms with Crippen LogP contribution in [0.25, 0.3) is 0 Å². The predicted molar refractivity (Wildman–Crippen MR) is 96.1 cm³/mol. The number of hydrogen-bond donors (Lipinski definition) is 3. The summed E-state index contributed by atoms with van der Waals surface area (Å²) in [5.41, 5.74) is -0.235. The van der Waals surface area contributed by atoms with Crippen molar-refractivity contribution in [3.63, 3.8) is 0 Å². The molecule has 0 bridgehead atoms. The van der Waals surface area contributed by atoms with E-state index in [-0.39, 0.29) is 18.8 Å². The lowest BCUT2D eigenvalue weighted by Crippen LogP contribution is -2.24. The summed E-state index contributed by atoms with van der Waals surface area (Å²) in [5, 5.41) is 0.689. The van der Waals surface area contributed by atoms with Crippen LogP contribution in [0, 0.1) is 0 Å². The Bertz CT molecular complexity index is 852. The van der Waals surface area contributed by atoms with E-state index < -0.39 is 29.6 Å². The van der Waals surface area contributed by atoms with Gasteiger partial charge in [-0.05, 0) is 30.5 Å². The number of hydrogen-bond acceptors (Lipinski definition) is 4. The highest BCUT2D eigenvalue weighted by Gasteiger charge is 2.45. The van der Waals surface area contributed by atoms with Crippen molar-refractivity contribution in [2.24, 2.45) is 0 Å². The lowest BCUT2D eigenvalue weighted by molar-refractivity contribution is -0.137. The molecule has 1 heterocycles. The first-order valence-corrected chi connectivity index (χ1v) is 9.96. The molecule has 0 aliphatic heterocycles. The molecule has 0 radical (unpaired) electrons. The molecule has 0 spiro atoms. The molecular formula is C16H18ClF3N3O3P. The van der Waals surface area contributed by atoms with Crippen LogP contribution in [0.2, 0.25) is 5.15 Å². The standard InChI is InChI=1S/C16H18ClF3N3O3P/c1-3-15(4-2,27(24,25)26)10-5-7-11(8-6-10)22-14-21-9-12(13(17)23-14)16(18,19)20/h5-9H,3-4H2,1-2H3,(H,21,22,23)(H2,24,25,26). The largest absolute Gasteiger partial charge is 0.420 e. The number of halogens is 4. The Kier molecular flexibility index (Phi) is 6.21. The van der Waals surface area contributed by atoms with E-state index in [4.69, 9.17) is 11.6 Å². The second-order valence-electron chi connectivity index (χ2n) is 5.88. The third-order valence-corrected chi connectivity index (χ3v) is 6.75. The van der Waals surface area contributed by atoms with Crippen molar-refractivity contribution in [3.8, 4) is 0 Å². The molecule has 148 valence electrons. The minimum atomic E-state index is -4.65. The van der Waals surface area contributed by atoms with Gasteiger partial charge in [-0.2, -0.15) is 13.2 Å². The molecule has 0 atom stereocenters. The quantitative estimate of drug-likeness (QED) is 0.442. The highest BCUT2D eigenvalue weighted by Crippen LogP contribution is 2.60. The summed E-state index contributed by atoms with van der Waals surface area (Å²) in [4.78, 5) is 26.7. The van der Waals surface area contributed by atoms with Gasteiger partial charge in [-0.25, -0.2) is 9.97 Å². The van der Waals surface area contributed by atoms with Crippen molar-refractivity contribution in [1.82, 2.24) is 9.97 Å². The van der Waals surface area contributed by atoms with Crippen molar-refractivity contribution >= 4 is 30.8 Å². The molecule has 0 amide bonds. The molecule has 3 N–H and O–H groups in total. The first-order chi connectivity index (χ1) is 12.4. The zero-order chi connectivity index (χ0) is 20.5. The van der Waals surface area contributed by atoms with Crippen LogP contribution in [0.5, 0.6) is 0 Å². The topological polar surface area (TPSA) is 95.3 Å². The number of anilines is 2. The van der Waals surface area contributed by atoms with Gasteiger partial charge in [0.05, 0.1) is 5.16 Å². The molecule has 0 saturated carbocycles. The number of benzene rings is 1. The second kappa shape index (κ2) is 7.75. The minimum absolute atomic E-state index is 0.131. The summed E-state index contributed by atoms with van der Waals surface area (Å²) < 4.78 is 50.0. The fourth-order valence-electron chi connectivity index (χ4n) is 2.84. The van der Waals surface area contributed by atoms with Gasteiger partial charge in [-0.1, -0.05) is 37.6 Å². The lowest BCUT2D eigenvalue weighted by atomic mass is 9.92. The first kappa shape index (κ1) is 21.6. The molecule has 6 nitrogen and oxygen atoms in total. The molecule has 0 fully saturated rings. The molecule has 27 heavy (non-hydrogen) atoms. The van der Waals surface area contributed by atoms with Gasteiger partial charge < -0.3 is 15.1 Å². The number of alkyl halides is 3. The normalized spacial score (nSPS) is 12.9. The number of aromatic nitrogens is 2. The number of rotatable bonds is 6. The average molecular weight is 424 g/mol. The Morgan fingerprint density at radius 2 is 1.70 bits per heavy atom. The summed E-state index contributed by atoms with van der Waals surface area (Å²) in [7, 11) is -4.41. The molecule has 1 aromatic carbocycles.